The van der Waals surface area contributed by atoms with Crippen molar-refractivity contribution in [1.29, 1.82) is 0 Å². The molecule has 2 nitrogen and oxygen atoms in total. The van der Waals surface area contributed by atoms with E-state index < -0.39 is 0 Å². The highest BCUT2D eigenvalue weighted by molar-refractivity contribution is 9.10. The van der Waals surface area contributed by atoms with Crippen LogP contribution in [0.15, 0.2) is 28.7 Å². The van der Waals surface area contributed by atoms with Crippen molar-refractivity contribution in [3.63, 3.8) is 0 Å². The lowest BCUT2D eigenvalue weighted by Crippen LogP contribution is -2.43. The zero-order valence-corrected chi connectivity index (χ0v) is 12.7. The van der Waals surface area contributed by atoms with Gasteiger partial charge in [0, 0.05) is 17.1 Å². The van der Waals surface area contributed by atoms with Gasteiger partial charge in [-0.25, -0.2) is 0 Å². The first-order chi connectivity index (χ1) is 8.79. The molecule has 1 aliphatic heterocycles. The summed E-state index contributed by atoms with van der Waals surface area (Å²) in [7, 11) is 0. The lowest BCUT2D eigenvalue weighted by atomic mass is 10.0. The van der Waals surface area contributed by atoms with E-state index >= 15 is 0 Å². The Morgan fingerprint density at radius 3 is 2.78 bits per heavy atom. The Morgan fingerprint density at radius 2 is 2.11 bits per heavy atom. The van der Waals surface area contributed by atoms with Crippen LogP contribution in [0.1, 0.15) is 31.7 Å². The van der Waals surface area contributed by atoms with E-state index in [0.717, 1.165) is 12.6 Å². The van der Waals surface area contributed by atoms with Gasteiger partial charge < -0.3 is 5.32 Å². The number of rotatable bonds is 5. The first-order valence-corrected chi connectivity index (χ1v) is 7.78. The monoisotopic (exact) mass is 310 g/mol. The Hall–Kier alpha value is -0.380. The molecule has 1 N–H and O–H groups in total. The summed E-state index contributed by atoms with van der Waals surface area (Å²) in [5, 5.41) is 3.45. The minimum atomic E-state index is 0.755. The maximum Gasteiger partial charge on any atom is 0.0237 e. The first kappa shape index (κ1) is 14.0. The third-order valence-corrected chi connectivity index (χ3v) is 4.10. The fourth-order valence-electron chi connectivity index (χ4n) is 2.72. The quantitative estimate of drug-likeness (QED) is 0.896. The highest BCUT2D eigenvalue weighted by Gasteiger charge is 2.20. The van der Waals surface area contributed by atoms with Gasteiger partial charge in [-0.2, -0.15) is 0 Å². The average Bonchev–Trinajstić information content (AvgIpc) is 2.39. The highest BCUT2D eigenvalue weighted by Crippen LogP contribution is 2.18. The van der Waals surface area contributed by atoms with Gasteiger partial charge in [0.05, 0.1) is 0 Å². The van der Waals surface area contributed by atoms with Crippen LogP contribution in [0.25, 0.3) is 0 Å². The Bertz CT molecular complexity index is 361. The number of hydrogen-bond acceptors (Lipinski definition) is 2. The van der Waals surface area contributed by atoms with Crippen molar-refractivity contribution in [2.45, 2.75) is 38.8 Å². The molecule has 1 fully saturated rings. The molecule has 0 amide bonds. The second kappa shape index (κ2) is 7.27. The summed E-state index contributed by atoms with van der Waals surface area (Å²) < 4.78 is 1.18. The summed E-state index contributed by atoms with van der Waals surface area (Å²) in [4.78, 5) is 2.66. The summed E-state index contributed by atoms with van der Waals surface area (Å²) in [6.45, 7) is 6.90. The molecule has 1 aromatic rings. The van der Waals surface area contributed by atoms with Crippen LogP contribution in [0.2, 0.25) is 0 Å². The number of nitrogens with one attached hydrogen (secondary N) is 1. The zero-order valence-electron chi connectivity index (χ0n) is 11.2. The largest absolute Gasteiger partial charge is 0.317 e. The molecule has 2 rings (SSSR count). The maximum absolute atomic E-state index is 3.56. The second-order valence-corrected chi connectivity index (χ2v) is 6.00. The van der Waals surface area contributed by atoms with Crippen LogP contribution in [0.4, 0.5) is 0 Å². The van der Waals surface area contributed by atoms with Gasteiger partial charge in [-0.05, 0) is 56.6 Å². The number of halogens is 1. The number of nitrogens with zero attached hydrogens (tertiary/aromatic N) is 1. The van der Waals surface area contributed by atoms with Crippen molar-refractivity contribution in [3.05, 3.63) is 34.3 Å². The summed E-state index contributed by atoms with van der Waals surface area (Å²) in [6, 6.07) is 9.45. The Balaban J connectivity index is 2.00. The van der Waals surface area contributed by atoms with E-state index in [1.807, 2.05) is 0 Å². The van der Waals surface area contributed by atoms with E-state index in [1.54, 1.807) is 0 Å². The lowest BCUT2D eigenvalue weighted by Gasteiger charge is -2.34. The van der Waals surface area contributed by atoms with Crippen LogP contribution in [-0.4, -0.2) is 30.6 Å². The van der Waals surface area contributed by atoms with Crippen LogP contribution in [0.5, 0.6) is 0 Å². The molecular weight excluding hydrogens is 288 g/mol. The molecule has 0 saturated carbocycles. The summed E-state index contributed by atoms with van der Waals surface area (Å²) in [6.07, 6.45) is 3.81. The number of piperidine rings is 1. The Labute approximate surface area is 119 Å². The van der Waals surface area contributed by atoms with Gasteiger partial charge in [0.1, 0.15) is 0 Å². The van der Waals surface area contributed by atoms with Crippen molar-refractivity contribution >= 4 is 15.9 Å². The fraction of sp³-hybridized carbons (Fsp3) is 0.600. The highest BCUT2D eigenvalue weighted by atomic mass is 79.9. The molecule has 0 radical (unpaired) electrons. The van der Waals surface area contributed by atoms with E-state index in [1.165, 1.54) is 48.9 Å². The van der Waals surface area contributed by atoms with Gasteiger partial charge >= 0.3 is 0 Å². The Kier molecular flexibility index (Phi) is 5.67. The summed E-state index contributed by atoms with van der Waals surface area (Å²) in [5.41, 5.74) is 1.41. The van der Waals surface area contributed by atoms with Crippen LogP contribution < -0.4 is 5.32 Å². The lowest BCUT2D eigenvalue weighted by molar-refractivity contribution is 0.154. The molecule has 0 aromatic heterocycles. The molecule has 100 valence electrons. The first-order valence-electron chi connectivity index (χ1n) is 6.99. The molecule has 1 heterocycles. The summed E-state index contributed by atoms with van der Waals surface area (Å²) >= 11 is 3.56. The van der Waals surface area contributed by atoms with Crippen LogP contribution in [0, 0.1) is 0 Å². The molecule has 0 unspecified atom stereocenters. The summed E-state index contributed by atoms with van der Waals surface area (Å²) in [5.74, 6) is 0. The van der Waals surface area contributed by atoms with Crippen molar-refractivity contribution in [1.82, 2.24) is 10.2 Å². The van der Waals surface area contributed by atoms with Crippen LogP contribution in [0.3, 0.4) is 0 Å². The topological polar surface area (TPSA) is 15.3 Å². The zero-order chi connectivity index (χ0) is 12.8. The predicted molar refractivity (Wildman–Crippen MR) is 80.7 cm³/mol. The van der Waals surface area contributed by atoms with Gasteiger partial charge in [-0.15, -0.1) is 0 Å². The molecule has 1 aliphatic rings. The molecule has 1 aromatic carbocycles. The SMILES string of the molecule is CCCN(Cc1cccc(Br)c1)C1CCNCC1. The predicted octanol–water partition coefficient (Wildman–Crippen LogP) is 3.41. The number of benzene rings is 1. The molecular formula is C15H23BrN2. The van der Waals surface area contributed by atoms with Gasteiger partial charge in [0.2, 0.25) is 0 Å². The third-order valence-electron chi connectivity index (χ3n) is 3.61. The van der Waals surface area contributed by atoms with Crippen LogP contribution in [-0.2, 0) is 6.54 Å². The minimum Gasteiger partial charge on any atom is -0.317 e. The van der Waals surface area contributed by atoms with Crippen LogP contribution >= 0.6 is 15.9 Å². The van der Waals surface area contributed by atoms with E-state index in [-0.39, 0.29) is 0 Å². The third kappa shape index (κ3) is 4.08. The van der Waals surface area contributed by atoms with Gasteiger partial charge in [-0.3, -0.25) is 4.90 Å². The van der Waals surface area contributed by atoms with E-state index in [0.29, 0.717) is 0 Å². The molecule has 18 heavy (non-hydrogen) atoms. The molecule has 0 atom stereocenters. The van der Waals surface area contributed by atoms with Crippen molar-refractivity contribution in [2.75, 3.05) is 19.6 Å². The van der Waals surface area contributed by atoms with E-state index in [4.69, 9.17) is 0 Å². The number of hydrogen-bond donors (Lipinski definition) is 1. The van der Waals surface area contributed by atoms with Crippen molar-refractivity contribution in [2.24, 2.45) is 0 Å². The Morgan fingerprint density at radius 1 is 1.33 bits per heavy atom. The minimum absolute atomic E-state index is 0.755. The molecule has 3 heteroatoms. The van der Waals surface area contributed by atoms with Crippen molar-refractivity contribution in [3.8, 4) is 0 Å². The standard InChI is InChI=1S/C15H23BrN2/c1-2-10-18(15-6-8-17-9-7-15)12-13-4-3-5-14(16)11-13/h3-5,11,15,17H,2,6-10,12H2,1H3. The van der Waals surface area contributed by atoms with E-state index in [2.05, 4.69) is 57.3 Å². The van der Waals surface area contributed by atoms with Gasteiger partial charge in [0.25, 0.3) is 0 Å². The fourth-order valence-corrected chi connectivity index (χ4v) is 3.17. The maximum atomic E-state index is 3.56. The molecule has 0 aliphatic carbocycles. The molecule has 0 bridgehead atoms. The molecule has 1 saturated heterocycles. The van der Waals surface area contributed by atoms with Gasteiger partial charge in [-0.1, -0.05) is 35.0 Å². The second-order valence-electron chi connectivity index (χ2n) is 5.08. The normalized spacial score (nSPS) is 17.3. The smallest absolute Gasteiger partial charge is 0.0237 e. The average molecular weight is 311 g/mol. The van der Waals surface area contributed by atoms with E-state index in [9.17, 15) is 0 Å². The van der Waals surface area contributed by atoms with Crippen molar-refractivity contribution < 1.29 is 0 Å². The van der Waals surface area contributed by atoms with Gasteiger partial charge in [0.15, 0.2) is 0 Å². The molecule has 0 spiro atoms.